The number of nitrogens with one attached hydrogen (secondary N) is 1. The molecule has 1 aliphatic carbocycles. The van der Waals surface area contributed by atoms with Crippen LogP contribution in [-0.2, 0) is 9.59 Å². The average Bonchev–Trinajstić information content (AvgIpc) is 3.49. The second-order valence-electron chi connectivity index (χ2n) is 7.32. The summed E-state index contributed by atoms with van der Waals surface area (Å²) >= 11 is 0. The van der Waals surface area contributed by atoms with E-state index in [-0.39, 0.29) is 17.9 Å². The first-order chi connectivity index (χ1) is 12.5. The standard InChI is InChI=1S/C20H29N3O3/c1-4-15(2)21-18(24)20(9-10-20)19(25)23-13-11-22(12-14-23)16-7-5-6-8-17(16)26-3/h5-8,15H,4,9-14H2,1-3H3,(H,21,24). The van der Waals surface area contributed by atoms with E-state index in [1.165, 1.54) is 0 Å². The summed E-state index contributed by atoms with van der Waals surface area (Å²) in [7, 11) is 1.67. The fourth-order valence-electron chi connectivity index (χ4n) is 3.47. The number of hydrogen-bond donors (Lipinski definition) is 1. The molecule has 0 aromatic heterocycles. The number of carbonyl (C=O) groups is 2. The highest BCUT2D eigenvalue weighted by atomic mass is 16.5. The van der Waals surface area contributed by atoms with Crippen molar-refractivity contribution in [3.05, 3.63) is 24.3 Å². The molecule has 142 valence electrons. The zero-order valence-corrected chi connectivity index (χ0v) is 16.0. The molecule has 1 saturated carbocycles. The van der Waals surface area contributed by atoms with Crippen molar-refractivity contribution in [2.24, 2.45) is 5.41 Å². The van der Waals surface area contributed by atoms with Gasteiger partial charge in [0.2, 0.25) is 11.8 Å². The van der Waals surface area contributed by atoms with Crippen molar-refractivity contribution >= 4 is 17.5 Å². The fourth-order valence-corrected chi connectivity index (χ4v) is 3.47. The normalized spacial score (nSPS) is 19.7. The summed E-state index contributed by atoms with van der Waals surface area (Å²) in [6.45, 7) is 6.77. The number of anilines is 1. The predicted molar refractivity (Wildman–Crippen MR) is 101 cm³/mol. The molecular formula is C20H29N3O3. The smallest absolute Gasteiger partial charge is 0.238 e. The van der Waals surface area contributed by atoms with Crippen LogP contribution in [-0.4, -0.2) is 56.0 Å². The Morgan fingerprint density at radius 2 is 1.85 bits per heavy atom. The van der Waals surface area contributed by atoms with Crippen molar-refractivity contribution in [2.45, 2.75) is 39.2 Å². The van der Waals surface area contributed by atoms with Crippen molar-refractivity contribution in [3.63, 3.8) is 0 Å². The molecule has 1 aromatic carbocycles. The van der Waals surface area contributed by atoms with Crippen LogP contribution in [0.1, 0.15) is 33.1 Å². The molecule has 0 radical (unpaired) electrons. The maximum atomic E-state index is 13.0. The summed E-state index contributed by atoms with van der Waals surface area (Å²) in [5, 5.41) is 2.99. The first-order valence-electron chi connectivity index (χ1n) is 9.50. The lowest BCUT2D eigenvalue weighted by molar-refractivity contribution is -0.144. The van der Waals surface area contributed by atoms with Crippen LogP contribution < -0.4 is 15.0 Å². The van der Waals surface area contributed by atoms with Crippen molar-refractivity contribution in [3.8, 4) is 5.75 Å². The summed E-state index contributed by atoms with van der Waals surface area (Å²) in [6, 6.07) is 8.04. The van der Waals surface area contributed by atoms with E-state index in [0.29, 0.717) is 25.9 Å². The maximum absolute atomic E-state index is 13.0. The highest BCUT2D eigenvalue weighted by molar-refractivity contribution is 6.08. The van der Waals surface area contributed by atoms with Gasteiger partial charge in [-0.25, -0.2) is 0 Å². The molecule has 0 bridgehead atoms. The van der Waals surface area contributed by atoms with Crippen LogP contribution in [0.4, 0.5) is 5.69 Å². The van der Waals surface area contributed by atoms with Crippen LogP contribution in [0.25, 0.3) is 0 Å². The third-order valence-corrected chi connectivity index (χ3v) is 5.58. The molecule has 1 aliphatic heterocycles. The van der Waals surface area contributed by atoms with Gasteiger partial charge in [0, 0.05) is 32.2 Å². The number of nitrogens with zero attached hydrogens (tertiary/aromatic N) is 2. The maximum Gasteiger partial charge on any atom is 0.238 e. The van der Waals surface area contributed by atoms with E-state index in [1.807, 2.05) is 43.0 Å². The molecule has 0 spiro atoms. The van der Waals surface area contributed by atoms with Crippen LogP contribution in [0.5, 0.6) is 5.75 Å². The fraction of sp³-hybridized carbons (Fsp3) is 0.600. The Labute approximate surface area is 155 Å². The first-order valence-corrected chi connectivity index (χ1v) is 9.50. The molecule has 3 rings (SSSR count). The van der Waals surface area contributed by atoms with Crippen molar-refractivity contribution < 1.29 is 14.3 Å². The minimum atomic E-state index is -0.809. The van der Waals surface area contributed by atoms with E-state index in [2.05, 4.69) is 10.2 Å². The number of para-hydroxylation sites is 2. The Morgan fingerprint density at radius 1 is 1.19 bits per heavy atom. The van der Waals surface area contributed by atoms with E-state index in [9.17, 15) is 9.59 Å². The van der Waals surface area contributed by atoms with Gasteiger partial charge in [-0.2, -0.15) is 0 Å². The SMILES string of the molecule is CCC(C)NC(=O)C1(C(=O)N2CCN(c3ccccc3OC)CC2)CC1. The average molecular weight is 359 g/mol. The lowest BCUT2D eigenvalue weighted by Gasteiger charge is -2.38. The Kier molecular flexibility index (Phi) is 5.39. The van der Waals surface area contributed by atoms with Gasteiger partial charge in [0.25, 0.3) is 0 Å². The zero-order valence-electron chi connectivity index (χ0n) is 16.0. The van der Waals surface area contributed by atoms with E-state index in [4.69, 9.17) is 4.74 Å². The largest absolute Gasteiger partial charge is 0.495 e. The monoisotopic (exact) mass is 359 g/mol. The molecule has 1 atom stereocenters. The first kappa shape index (κ1) is 18.5. The van der Waals surface area contributed by atoms with Crippen LogP contribution >= 0.6 is 0 Å². The lowest BCUT2D eigenvalue weighted by atomic mass is 10.0. The Bertz CT molecular complexity index is 664. The van der Waals surface area contributed by atoms with Gasteiger partial charge in [-0.15, -0.1) is 0 Å². The summed E-state index contributed by atoms with van der Waals surface area (Å²) in [5.74, 6) is 0.751. The summed E-state index contributed by atoms with van der Waals surface area (Å²) in [5.41, 5.74) is 0.244. The van der Waals surface area contributed by atoms with Gasteiger partial charge in [0.15, 0.2) is 0 Å². The van der Waals surface area contributed by atoms with Gasteiger partial charge < -0.3 is 19.9 Å². The molecule has 6 heteroatoms. The number of ether oxygens (including phenoxy) is 1. The van der Waals surface area contributed by atoms with Crippen LogP contribution in [0.3, 0.4) is 0 Å². The molecule has 2 amide bonds. The summed E-state index contributed by atoms with van der Waals surface area (Å²) in [4.78, 5) is 29.6. The molecule has 6 nitrogen and oxygen atoms in total. The molecule has 1 heterocycles. The van der Waals surface area contributed by atoms with Gasteiger partial charge in [0.1, 0.15) is 11.2 Å². The van der Waals surface area contributed by atoms with Gasteiger partial charge in [0.05, 0.1) is 12.8 Å². The van der Waals surface area contributed by atoms with E-state index in [0.717, 1.165) is 30.9 Å². The number of rotatable bonds is 6. The van der Waals surface area contributed by atoms with Gasteiger partial charge in [-0.3, -0.25) is 9.59 Å². The molecule has 2 aliphatic rings. The highest BCUT2D eigenvalue weighted by Gasteiger charge is 2.58. The number of carbonyl (C=O) groups excluding carboxylic acids is 2. The molecule has 1 unspecified atom stereocenters. The number of amides is 2. The number of hydrogen-bond acceptors (Lipinski definition) is 4. The van der Waals surface area contributed by atoms with Gasteiger partial charge in [-0.05, 0) is 38.3 Å². The van der Waals surface area contributed by atoms with Crippen LogP contribution in [0.2, 0.25) is 0 Å². The zero-order chi connectivity index (χ0) is 18.7. The Hall–Kier alpha value is -2.24. The number of benzene rings is 1. The Balaban J connectivity index is 1.61. The second-order valence-corrected chi connectivity index (χ2v) is 7.32. The second kappa shape index (κ2) is 7.56. The number of piperazine rings is 1. The minimum absolute atomic E-state index is 0.00187. The highest BCUT2D eigenvalue weighted by Crippen LogP contribution is 2.48. The lowest BCUT2D eigenvalue weighted by Crippen LogP contribution is -2.54. The van der Waals surface area contributed by atoms with Gasteiger partial charge >= 0.3 is 0 Å². The summed E-state index contributed by atoms with van der Waals surface area (Å²) in [6.07, 6.45) is 2.20. The minimum Gasteiger partial charge on any atom is -0.495 e. The summed E-state index contributed by atoms with van der Waals surface area (Å²) < 4.78 is 5.44. The van der Waals surface area contributed by atoms with Crippen LogP contribution in [0, 0.1) is 5.41 Å². The molecule has 1 aromatic rings. The number of methoxy groups -OCH3 is 1. The molecule has 26 heavy (non-hydrogen) atoms. The van der Waals surface area contributed by atoms with Gasteiger partial charge in [-0.1, -0.05) is 19.1 Å². The van der Waals surface area contributed by atoms with E-state index >= 15 is 0 Å². The molecule has 2 fully saturated rings. The van der Waals surface area contributed by atoms with Crippen molar-refractivity contribution in [1.82, 2.24) is 10.2 Å². The van der Waals surface area contributed by atoms with Crippen molar-refractivity contribution in [2.75, 3.05) is 38.2 Å². The van der Waals surface area contributed by atoms with E-state index in [1.54, 1.807) is 7.11 Å². The predicted octanol–water partition coefficient (Wildman–Crippen LogP) is 2.04. The molecule has 1 saturated heterocycles. The quantitative estimate of drug-likeness (QED) is 0.790. The van der Waals surface area contributed by atoms with Crippen LogP contribution in [0.15, 0.2) is 24.3 Å². The third-order valence-electron chi connectivity index (χ3n) is 5.58. The molecule has 1 N–H and O–H groups in total. The molecular weight excluding hydrogens is 330 g/mol. The van der Waals surface area contributed by atoms with E-state index < -0.39 is 5.41 Å². The Morgan fingerprint density at radius 3 is 2.42 bits per heavy atom. The third kappa shape index (κ3) is 3.50. The van der Waals surface area contributed by atoms with Crippen molar-refractivity contribution in [1.29, 1.82) is 0 Å². The topological polar surface area (TPSA) is 61.9 Å².